The summed E-state index contributed by atoms with van der Waals surface area (Å²) in [5.74, 6) is -0.244. The number of aryl methyl sites for hydroxylation is 2. The highest BCUT2D eigenvalue weighted by Gasteiger charge is 2.15. The van der Waals surface area contributed by atoms with Crippen LogP contribution in [0.3, 0.4) is 0 Å². The van der Waals surface area contributed by atoms with E-state index < -0.39 is 0 Å². The second-order valence-electron chi connectivity index (χ2n) is 3.55. The first-order valence-electron chi connectivity index (χ1n) is 4.71. The summed E-state index contributed by atoms with van der Waals surface area (Å²) in [6.07, 6.45) is 0. The van der Waals surface area contributed by atoms with Gasteiger partial charge in [-0.25, -0.2) is 4.79 Å². The van der Waals surface area contributed by atoms with Crippen molar-refractivity contribution in [1.29, 1.82) is 0 Å². The van der Waals surface area contributed by atoms with Gasteiger partial charge in [-0.15, -0.1) is 11.3 Å². The molecule has 0 aliphatic heterocycles. The van der Waals surface area contributed by atoms with Crippen LogP contribution in [0.1, 0.15) is 20.8 Å². The Balaban J connectivity index is 2.69. The monoisotopic (exact) mass is 220 g/mol. The fourth-order valence-corrected chi connectivity index (χ4v) is 2.73. The van der Waals surface area contributed by atoms with Crippen molar-refractivity contribution in [1.82, 2.24) is 0 Å². The Labute approximate surface area is 92.5 Å². The Kier molecular flexibility index (Phi) is 2.49. The molecule has 2 rings (SSSR count). The van der Waals surface area contributed by atoms with Crippen molar-refractivity contribution >= 4 is 27.4 Å². The quantitative estimate of drug-likeness (QED) is 0.689. The Morgan fingerprint density at radius 1 is 1.33 bits per heavy atom. The van der Waals surface area contributed by atoms with Crippen molar-refractivity contribution in [3.63, 3.8) is 0 Å². The number of rotatable bonds is 1. The lowest BCUT2D eigenvalue weighted by molar-refractivity contribution is 0.0605. The van der Waals surface area contributed by atoms with Gasteiger partial charge >= 0.3 is 5.97 Å². The number of carbonyl (C=O) groups excluding carboxylic acids is 1. The van der Waals surface area contributed by atoms with E-state index in [1.165, 1.54) is 24.0 Å². The maximum absolute atomic E-state index is 11.5. The van der Waals surface area contributed by atoms with Crippen LogP contribution in [-0.4, -0.2) is 13.1 Å². The zero-order chi connectivity index (χ0) is 11.0. The van der Waals surface area contributed by atoms with Gasteiger partial charge in [0.2, 0.25) is 0 Å². The number of ether oxygens (including phenoxy) is 1. The largest absolute Gasteiger partial charge is 0.465 e. The third kappa shape index (κ3) is 1.63. The molecule has 1 aromatic carbocycles. The highest BCUT2D eigenvalue weighted by atomic mass is 32.1. The van der Waals surface area contributed by atoms with Crippen LogP contribution in [0.5, 0.6) is 0 Å². The number of fused-ring (bicyclic) bond motifs is 1. The van der Waals surface area contributed by atoms with Crippen LogP contribution in [-0.2, 0) is 4.74 Å². The second kappa shape index (κ2) is 3.66. The molecule has 78 valence electrons. The molecule has 0 N–H and O–H groups in total. The molecule has 15 heavy (non-hydrogen) atoms. The van der Waals surface area contributed by atoms with E-state index in [2.05, 4.69) is 18.2 Å². The molecular formula is C12H12O2S. The standard InChI is InChI=1S/C12H12O2S/c1-7-4-5-10-9(6-7)8(2)11(15-10)12(13)14-3/h4-6H,1-3H3. The SMILES string of the molecule is COC(=O)c1sc2ccc(C)cc2c1C. The Morgan fingerprint density at radius 2 is 2.07 bits per heavy atom. The molecule has 0 atom stereocenters. The smallest absolute Gasteiger partial charge is 0.348 e. The van der Waals surface area contributed by atoms with Gasteiger partial charge in [-0.2, -0.15) is 0 Å². The number of carbonyl (C=O) groups is 1. The summed E-state index contributed by atoms with van der Waals surface area (Å²) in [5, 5.41) is 1.15. The zero-order valence-corrected chi connectivity index (χ0v) is 9.77. The van der Waals surface area contributed by atoms with Crippen LogP contribution >= 0.6 is 11.3 Å². The van der Waals surface area contributed by atoms with Gasteiger partial charge in [-0.1, -0.05) is 17.7 Å². The minimum Gasteiger partial charge on any atom is -0.465 e. The second-order valence-corrected chi connectivity index (χ2v) is 4.60. The van der Waals surface area contributed by atoms with Crippen LogP contribution in [0.2, 0.25) is 0 Å². The third-order valence-electron chi connectivity index (χ3n) is 2.46. The van der Waals surface area contributed by atoms with Gasteiger partial charge in [-0.3, -0.25) is 0 Å². The molecule has 0 aliphatic carbocycles. The van der Waals surface area contributed by atoms with Crippen LogP contribution in [0.4, 0.5) is 0 Å². The van der Waals surface area contributed by atoms with Gasteiger partial charge in [0.25, 0.3) is 0 Å². The molecular weight excluding hydrogens is 208 g/mol. The van der Waals surface area contributed by atoms with E-state index in [1.54, 1.807) is 0 Å². The van der Waals surface area contributed by atoms with Crippen molar-refractivity contribution in [3.8, 4) is 0 Å². The van der Waals surface area contributed by atoms with Gasteiger partial charge in [0.05, 0.1) is 7.11 Å². The lowest BCUT2D eigenvalue weighted by Crippen LogP contribution is -1.99. The van der Waals surface area contributed by atoms with E-state index in [-0.39, 0.29) is 5.97 Å². The summed E-state index contributed by atoms with van der Waals surface area (Å²) in [4.78, 5) is 12.2. The van der Waals surface area contributed by atoms with Crippen LogP contribution < -0.4 is 0 Å². The molecule has 0 fully saturated rings. The highest BCUT2D eigenvalue weighted by molar-refractivity contribution is 7.21. The molecule has 0 saturated heterocycles. The zero-order valence-electron chi connectivity index (χ0n) is 8.96. The number of thiophene rings is 1. The first kappa shape index (κ1) is 10.2. The molecule has 0 amide bonds. The molecule has 1 aromatic heterocycles. The van der Waals surface area contributed by atoms with E-state index >= 15 is 0 Å². The number of hydrogen-bond acceptors (Lipinski definition) is 3. The molecule has 0 bridgehead atoms. The van der Waals surface area contributed by atoms with Gasteiger partial charge in [0, 0.05) is 4.70 Å². The van der Waals surface area contributed by atoms with Gasteiger partial charge in [0.15, 0.2) is 0 Å². The molecule has 0 aliphatic rings. The summed E-state index contributed by atoms with van der Waals surface area (Å²) in [5.41, 5.74) is 2.23. The summed E-state index contributed by atoms with van der Waals surface area (Å²) in [6.45, 7) is 4.01. The van der Waals surface area contributed by atoms with Crippen molar-refractivity contribution in [2.75, 3.05) is 7.11 Å². The fourth-order valence-electron chi connectivity index (χ4n) is 1.62. The Bertz CT molecular complexity index is 526. The average Bonchev–Trinajstić information content (AvgIpc) is 2.55. The van der Waals surface area contributed by atoms with Crippen LogP contribution in [0, 0.1) is 13.8 Å². The van der Waals surface area contributed by atoms with Gasteiger partial charge in [-0.05, 0) is 30.9 Å². The first-order chi connectivity index (χ1) is 7.13. The van der Waals surface area contributed by atoms with Gasteiger partial charge < -0.3 is 4.74 Å². The van der Waals surface area contributed by atoms with Crippen LogP contribution in [0.25, 0.3) is 10.1 Å². The van der Waals surface area contributed by atoms with Crippen molar-refractivity contribution in [2.45, 2.75) is 13.8 Å². The number of methoxy groups -OCH3 is 1. The lowest BCUT2D eigenvalue weighted by atomic mass is 10.1. The first-order valence-corrected chi connectivity index (χ1v) is 5.53. The van der Waals surface area contributed by atoms with Crippen molar-refractivity contribution in [3.05, 3.63) is 34.2 Å². The van der Waals surface area contributed by atoms with E-state index in [0.717, 1.165) is 15.6 Å². The Hall–Kier alpha value is -1.35. The predicted molar refractivity (Wildman–Crippen MR) is 62.6 cm³/mol. The molecule has 2 nitrogen and oxygen atoms in total. The summed E-state index contributed by atoms with van der Waals surface area (Å²) in [7, 11) is 1.41. The molecule has 2 aromatic rings. The molecule has 0 unspecified atom stereocenters. The number of benzene rings is 1. The molecule has 3 heteroatoms. The maximum Gasteiger partial charge on any atom is 0.348 e. The molecule has 0 radical (unpaired) electrons. The average molecular weight is 220 g/mol. The minimum atomic E-state index is -0.244. The van der Waals surface area contributed by atoms with E-state index in [9.17, 15) is 4.79 Å². The maximum atomic E-state index is 11.5. The Morgan fingerprint density at radius 3 is 2.73 bits per heavy atom. The fraction of sp³-hybridized carbons (Fsp3) is 0.250. The highest BCUT2D eigenvalue weighted by Crippen LogP contribution is 2.31. The van der Waals surface area contributed by atoms with Crippen molar-refractivity contribution in [2.24, 2.45) is 0 Å². The molecule has 0 spiro atoms. The minimum absolute atomic E-state index is 0.244. The number of esters is 1. The summed E-state index contributed by atoms with van der Waals surface area (Å²) >= 11 is 1.49. The molecule has 0 saturated carbocycles. The van der Waals surface area contributed by atoms with Gasteiger partial charge in [0.1, 0.15) is 4.88 Å². The predicted octanol–water partition coefficient (Wildman–Crippen LogP) is 3.30. The number of hydrogen-bond donors (Lipinski definition) is 0. The molecule has 1 heterocycles. The third-order valence-corrected chi connectivity index (χ3v) is 3.72. The topological polar surface area (TPSA) is 26.3 Å². The lowest BCUT2D eigenvalue weighted by Gasteiger charge is -1.96. The normalized spacial score (nSPS) is 10.6. The van der Waals surface area contributed by atoms with Crippen molar-refractivity contribution < 1.29 is 9.53 Å². The van der Waals surface area contributed by atoms with Crippen LogP contribution in [0.15, 0.2) is 18.2 Å². The van der Waals surface area contributed by atoms with E-state index in [0.29, 0.717) is 4.88 Å². The van der Waals surface area contributed by atoms with E-state index in [1.807, 2.05) is 13.8 Å². The summed E-state index contributed by atoms with van der Waals surface area (Å²) in [6, 6.07) is 6.21. The summed E-state index contributed by atoms with van der Waals surface area (Å²) < 4.78 is 5.89. The van der Waals surface area contributed by atoms with E-state index in [4.69, 9.17) is 4.74 Å².